The van der Waals surface area contributed by atoms with Crippen molar-refractivity contribution in [3.63, 3.8) is 0 Å². The Morgan fingerprint density at radius 1 is 1.00 bits per heavy atom. The molecule has 88 valence electrons. The minimum Gasteiger partial charge on any atom is -0.392 e. The second-order valence-corrected chi connectivity index (χ2v) is 4.89. The quantitative estimate of drug-likeness (QED) is 0.671. The number of hydrogen-bond acceptors (Lipinski definition) is 4. The van der Waals surface area contributed by atoms with Gasteiger partial charge in [-0.05, 0) is 13.5 Å². The van der Waals surface area contributed by atoms with Crippen molar-refractivity contribution in [1.82, 2.24) is 14.7 Å². The molecule has 4 nitrogen and oxygen atoms in total. The molecule has 4 heteroatoms. The Balaban J connectivity index is 1.61. The number of aliphatic hydroxyl groups is 1. The lowest BCUT2D eigenvalue weighted by Crippen LogP contribution is -2.46. The van der Waals surface area contributed by atoms with Gasteiger partial charge in [-0.15, -0.1) is 0 Å². The van der Waals surface area contributed by atoms with Gasteiger partial charge in [0, 0.05) is 52.4 Å². The van der Waals surface area contributed by atoms with Crippen molar-refractivity contribution in [2.24, 2.45) is 0 Å². The SMILES string of the molecule is CN1CCN(CCN2CC[C@@H](O)C2)CC1. The molecule has 0 radical (unpaired) electrons. The minimum atomic E-state index is -0.0718. The zero-order chi connectivity index (χ0) is 10.7. The Morgan fingerprint density at radius 3 is 2.27 bits per heavy atom. The van der Waals surface area contributed by atoms with Gasteiger partial charge in [0.05, 0.1) is 6.10 Å². The van der Waals surface area contributed by atoms with Crippen molar-refractivity contribution in [3.05, 3.63) is 0 Å². The molecule has 0 aromatic carbocycles. The van der Waals surface area contributed by atoms with Gasteiger partial charge < -0.3 is 10.0 Å². The number of hydrogen-bond donors (Lipinski definition) is 1. The van der Waals surface area contributed by atoms with E-state index in [0.29, 0.717) is 0 Å². The van der Waals surface area contributed by atoms with Crippen LogP contribution in [0.4, 0.5) is 0 Å². The topological polar surface area (TPSA) is 30.0 Å². The van der Waals surface area contributed by atoms with Crippen molar-refractivity contribution < 1.29 is 5.11 Å². The molecule has 0 saturated carbocycles. The first-order chi connectivity index (χ1) is 7.24. The van der Waals surface area contributed by atoms with Gasteiger partial charge >= 0.3 is 0 Å². The van der Waals surface area contributed by atoms with Crippen molar-refractivity contribution in [2.45, 2.75) is 12.5 Å². The van der Waals surface area contributed by atoms with Crippen molar-refractivity contribution >= 4 is 0 Å². The van der Waals surface area contributed by atoms with Gasteiger partial charge in [-0.2, -0.15) is 0 Å². The second kappa shape index (κ2) is 5.25. The Kier molecular flexibility index (Phi) is 3.97. The van der Waals surface area contributed by atoms with E-state index in [4.69, 9.17) is 0 Å². The smallest absolute Gasteiger partial charge is 0.0679 e. The van der Waals surface area contributed by atoms with E-state index in [1.54, 1.807) is 0 Å². The first-order valence-corrected chi connectivity index (χ1v) is 6.05. The van der Waals surface area contributed by atoms with Gasteiger partial charge in [0.1, 0.15) is 0 Å². The lowest BCUT2D eigenvalue weighted by molar-refractivity contribution is 0.133. The first-order valence-electron chi connectivity index (χ1n) is 6.05. The van der Waals surface area contributed by atoms with E-state index < -0.39 is 0 Å². The molecule has 0 amide bonds. The lowest BCUT2D eigenvalue weighted by Gasteiger charge is -2.33. The Hall–Kier alpha value is -0.160. The van der Waals surface area contributed by atoms with Crippen LogP contribution in [0.5, 0.6) is 0 Å². The molecule has 0 aliphatic carbocycles. The van der Waals surface area contributed by atoms with E-state index in [1.165, 1.54) is 32.7 Å². The summed E-state index contributed by atoms with van der Waals surface area (Å²) >= 11 is 0. The summed E-state index contributed by atoms with van der Waals surface area (Å²) in [7, 11) is 2.19. The highest BCUT2D eigenvalue weighted by Gasteiger charge is 2.21. The molecule has 0 bridgehead atoms. The third-order valence-electron chi connectivity index (χ3n) is 3.58. The number of likely N-dealkylation sites (tertiary alicyclic amines) is 1. The molecule has 2 fully saturated rings. The molecule has 0 aromatic heterocycles. The fraction of sp³-hybridized carbons (Fsp3) is 1.00. The number of β-amino-alcohol motifs (C(OH)–C–C–N with tert-alkyl or cyclic N) is 1. The number of aliphatic hydroxyl groups excluding tert-OH is 1. The van der Waals surface area contributed by atoms with Crippen LogP contribution in [0.15, 0.2) is 0 Å². The second-order valence-electron chi connectivity index (χ2n) is 4.89. The summed E-state index contributed by atoms with van der Waals surface area (Å²) in [6.45, 7) is 9.05. The molecule has 0 aromatic rings. The fourth-order valence-corrected chi connectivity index (χ4v) is 2.37. The molecule has 2 saturated heterocycles. The molecule has 0 unspecified atom stereocenters. The van der Waals surface area contributed by atoms with Gasteiger partial charge in [-0.1, -0.05) is 0 Å². The maximum Gasteiger partial charge on any atom is 0.0679 e. The maximum atomic E-state index is 9.41. The zero-order valence-electron chi connectivity index (χ0n) is 9.73. The van der Waals surface area contributed by atoms with Crippen LogP contribution < -0.4 is 0 Å². The van der Waals surface area contributed by atoms with Crippen molar-refractivity contribution in [3.8, 4) is 0 Å². The first kappa shape index (κ1) is 11.3. The lowest BCUT2D eigenvalue weighted by atomic mass is 10.3. The average Bonchev–Trinajstić information content (AvgIpc) is 2.64. The monoisotopic (exact) mass is 213 g/mol. The van der Waals surface area contributed by atoms with Gasteiger partial charge in [0.25, 0.3) is 0 Å². The predicted molar refractivity (Wildman–Crippen MR) is 61.0 cm³/mol. The van der Waals surface area contributed by atoms with Gasteiger partial charge in [0.15, 0.2) is 0 Å². The summed E-state index contributed by atoms with van der Waals surface area (Å²) in [4.78, 5) is 7.30. The average molecular weight is 213 g/mol. The van der Waals surface area contributed by atoms with Crippen molar-refractivity contribution in [2.75, 3.05) is 59.4 Å². The Labute approximate surface area is 92.5 Å². The van der Waals surface area contributed by atoms with Gasteiger partial charge in [-0.3, -0.25) is 9.80 Å². The van der Waals surface area contributed by atoms with Crippen LogP contribution in [-0.4, -0.2) is 85.3 Å². The Morgan fingerprint density at radius 2 is 1.67 bits per heavy atom. The predicted octanol–water partition coefficient (Wildman–Crippen LogP) is -0.700. The maximum absolute atomic E-state index is 9.41. The third kappa shape index (κ3) is 3.41. The van der Waals surface area contributed by atoms with Crippen LogP contribution in [-0.2, 0) is 0 Å². The van der Waals surface area contributed by atoms with Crippen LogP contribution in [0.3, 0.4) is 0 Å². The van der Waals surface area contributed by atoms with Crippen LogP contribution in [0.2, 0.25) is 0 Å². The normalized spacial score (nSPS) is 31.2. The summed E-state index contributed by atoms with van der Waals surface area (Å²) in [5, 5.41) is 9.41. The molecule has 2 rings (SSSR count). The largest absolute Gasteiger partial charge is 0.392 e. The van der Waals surface area contributed by atoms with E-state index in [-0.39, 0.29) is 6.10 Å². The van der Waals surface area contributed by atoms with E-state index in [1.807, 2.05) is 0 Å². The van der Waals surface area contributed by atoms with Gasteiger partial charge in [-0.25, -0.2) is 0 Å². The zero-order valence-corrected chi connectivity index (χ0v) is 9.73. The Bertz CT molecular complexity index is 192. The summed E-state index contributed by atoms with van der Waals surface area (Å²) in [6.07, 6.45) is 0.889. The van der Waals surface area contributed by atoms with E-state index >= 15 is 0 Å². The third-order valence-corrected chi connectivity index (χ3v) is 3.58. The van der Waals surface area contributed by atoms with E-state index in [2.05, 4.69) is 21.7 Å². The molecule has 1 N–H and O–H groups in total. The number of nitrogens with zero attached hydrogens (tertiary/aromatic N) is 3. The van der Waals surface area contributed by atoms with Crippen molar-refractivity contribution in [1.29, 1.82) is 0 Å². The molecule has 2 aliphatic heterocycles. The standard InChI is InChI=1S/C11H23N3O/c1-12-4-6-13(7-5-12)8-9-14-3-2-11(15)10-14/h11,15H,2-10H2,1H3/t11-/m1/s1. The summed E-state index contributed by atoms with van der Waals surface area (Å²) in [6, 6.07) is 0. The summed E-state index contributed by atoms with van der Waals surface area (Å²) in [5.74, 6) is 0. The van der Waals surface area contributed by atoms with Crippen LogP contribution in [0.1, 0.15) is 6.42 Å². The van der Waals surface area contributed by atoms with Crippen LogP contribution in [0.25, 0.3) is 0 Å². The summed E-state index contributed by atoms with van der Waals surface area (Å²) in [5.41, 5.74) is 0. The number of rotatable bonds is 3. The highest BCUT2D eigenvalue weighted by molar-refractivity contribution is 4.76. The summed E-state index contributed by atoms with van der Waals surface area (Å²) < 4.78 is 0. The fourth-order valence-electron chi connectivity index (χ4n) is 2.37. The highest BCUT2D eigenvalue weighted by Crippen LogP contribution is 2.08. The van der Waals surface area contributed by atoms with E-state index in [0.717, 1.165) is 26.1 Å². The van der Waals surface area contributed by atoms with Crippen LogP contribution in [0, 0.1) is 0 Å². The van der Waals surface area contributed by atoms with Crippen LogP contribution >= 0.6 is 0 Å². The highest BCUT2D eigenvalue weighted by atomic mass is 16.3. The molecular formula is C11H23N3O. The molecular weight excluding hydrogens is 190 g/mol. The number of likely N-dealkylation sites (N-methyl/N-ethyl adjacent to an activating group) is 1. The van der Waals surface area contributed by atoms with E-state index in [9.17, 15) is 5.11 Å². The molecule has 2 heterocycles. The molecule has 2 aliphatic rings. The minimum absolute atomic E-state index is 0.0718. The van der Waals surface area contributed by atoms with Gasteiger partial charge in [0.2, 0.25) is 0 Å². The molecule has 0 spiro atoms. The molecule has 15 heavy (non-hydrogen) atoms. The number of piperazine rings is 1. The molecule has 1 atom stereocenters.